The van der Waals surface area contributed by atoms with Crippen LogP contribution in [0.1, 0.15) is 77.0 Å². The van der Waals surface area contributed by atoms with Crippen molar-refractivity contribution in [2.75, 3.05) is 19.6 Å². The van der Waals surface area contributed by atoms with Gasteiger partial charge in [0, 0.05) is 12.8 Å². The molecule has 29 heavy (non-hydrogen) atoms. The molecular formula is C20H41N3O6. The summed E-state index contributed by atoms with van der Waals surface area (Å²) in [7, 11) is 0. The number of aliphatic carboxylic acids is 3. The van der Waals surface area contributed by atoms with Gasteiger partial charge in [-0.2, -0.15) is 0 Å². The minimum Gasteiger partial charge on any atom is -0.481 e. The molecule has 9 heteroatoms. The highest BCUT2D eigenvalue weighted by Crippen LogP contribution is 2.27. The molecular weight excluding hydrogens is 378 g/mol. The van der Waals surface area contributed by atoms with Crippen LogP contribution in [0, 0.1) is 11.8 Å². The van der Waals surface area contributed by atoms with E-state index < -0.39 is 17.9 Å². The largest absolute Gasteiger partial charge is 0.481 e. The van der Waals surface area contributed by atoms with Crippen LogP contribution in [0.5, 0.6) is 0 Å². The summed E-state index contributed by atoms with van der Waals surface area (Å²) in [5.74, 6) is -1.63. The molecule has 0 heterocycles. The number of hydrogen-bond acceptors (Lipinski definition) is 6. The van der Waals surface area contributed by atoms with Crippen molar-refractivity contribution < 1.29 is 29.7 Å². The molecule has 1 aliphatic carbocycles. The maximum Gasteiger partial charge on any atom is 0.306 e. The Morgan fingerprint density at radius 1 is 0.655 bits per heavy atom. The Kier molecular flexibility index (Phi) is 21.4. The molecule has 9 nitrogen and oxygen atoms in total. The third-order valence-electron chi connectivity index (χ3n) is 4.72. The van der Waals surface area contributed by atoms with Gasteiger partial charge in [0.1, 0.15) is 0 Å². The van der Waals surface area contributed by atoms with E-state index in [0.29, 0.717) is 31.8 Å². The third-order valence-corrected chi connectivity index (χ3v) is 4.72. The first-order chi connectivity index (χ1) is 13.8. The highest BCUT2D eigenvalue weighted by molar-refractivity contribution is 5.70. The minimum absolute atomic E-state index is 0.0993. The Morgan fingerprint density at radius 2 is 1.10 bits per heavy atom. The summed E-state index contributed by atoms with van der Waals surface area (Å²) in [4.78, 5) is 30.3. The Morgan fingerprint density at radius 3 is 1.48 bits per heavy atom. The van der Waals surface area contributed by atoms with E-state index in [4.69, 9.17) is 32.5 Å². The lowest BCUT2D eigenvalue weighted by atomic mass is 9.82. The number of carboxylic acid groups (broad SMARTS) is 3. The van der Waals surface area contributed by atoms with E-state index in [2.05, 4.69) is 0 Å². The number of rotatable bonds is 12. The van der Waals surface area contributed by atoms with E-state index in [1.165, 1.54) is 0 Å². The fourth-order valence-corrected chi connectivity index (χ4v) is 2.85. The van der Waals surface area contributed by atoms with Gasteiger partial charge in [0.15, 0.2) is 0 Å². The Labute approximate surface area is 174 Å². The summed E-state index contributed by atoms with van der Waals surface area (Å²) in [6, 6.07) is 0. The molecule has 0 saturated heterocycles. The van der Waals surface area contributed by atoms with Crippen LogP contribution in [-0.2, 0) is 14.4 Å². The van der Waals surface area contributed by atoms with Gasteiger partial charge in [0.25, 0.3) is 0 Å². The van der Waals surface area contributed by atoms with Crippen LogP contribution in [0.4, 0.5) is 0 Å². The molecule has 1 rings (SSSR count). The van der Waals surface area contributed by atoms with Gasteiger partial charge in [0.05, 0.1) is 5.92 Å². The Bertz CT molecular complexity index is 426. The van der Waals surface area contributed by atoms with Crippen LogP contribution in [0.2, 0.25) is 0 Å². The van der Waals surface area contributed by atoms with Gasteiger partial charge in [0.2, 0.25) is 0 Å². The van der Waals surface area contributed by atoms with E-state index in [9.17, 15) is 14.4 Å². The fourth-order valence-electron chi connectivity index (χ4n) is 2.85. The lowest BCUT2D eigenvalue weighted by Crippen LogP contribution is -2.25. The molecule has 9 N–H and O–H groups in total. The second-order valence-corrected chi connectivity index (χ2v) is 7.28. The monoisotopic (exact) mass is 419 g/mol. The molecule has 1 fully saturated rings. The second kappa shape index (κ2) is 21.0. The zero-order valence-electron chi connectivity index (χ0n) is 17.6. The van der Waals surface area contributed by atoms with Crippen molar-refractivity contribution in [3.8, 4) is 0 Å². The summed E-state index contributed by atoms with van der Waals surface area (Å²) in [5.41, 5.74) is 15.8. The van der Waals surface area contributed by atoms with Gasteiger partial charge in [-0.1, -0.05) is 19.3 Å². The lowest BCUT2D eigenvalue weighted by molar-refractivity contribution is -0.143. The van der Waals surface area contributed by atoms with Crippen molar-refractivity contribution in [2.24, 2.45) is 29.0 Å². The molecule has 0 spiro atoms. The maximum atomic E-state index is 10.5. The third kappa shape index (κ3) is 22.4. The van der Waals surface area contributed by atoms with E-state index in [-0.39, 0.29) is 12.3 Å². The average molecular weight is 420 g/mol. The average Bonchev–Trinajstić information content (AvgIpc) is 2.69. The molecule has 0 aliphatic heterocycles. The summed E-state index contributed by atoms with van der Waals surface area (Å²) in [6.45, 7) is 1.93. The molecule has 0 aromatic heterocycles. The van der Waals surface area contributed by atoms with Crippen LogP contribution in [-0.4, -0.2) is 52.9 Å². The van der Waals surface area contributed by atoms with Crippen molar-refractivity contribution in [1.82, 2.24) is 0 Å². The van der Waals surface area contributed by atoms with Crippen molar-refractivity contribution in [2.45, 2.75) is 77.0 Å². The first kappa shape index (κ1) is 29.5. The normalized spacial score (nSPS) is 17.9. The van der Waals surface area contributed by atoms with Crippen LogP contribution in [0.3, 0.4) is 0 Å². The van der Waals surface area contributed by atoms with Gasteiger partial charge in [-0.05, 0) is 70.5 Å². The predicted octanol–water partition coefficient (Wildman–Crippen LogP) is 2.02. The maximum absolute atomic E-state index is 10.5. The molecule has 0 radical (unpaired) electrons. The van der Waals surface area contributed by atoms with Gasteiger partial charge >= 0.3 is 17.9 Å². The highest BCUT2D eigenvalue weighted by atomic mass is 16.4. The van der Waals surface area contributed by atoms with Crippen molar-refractivity contribution in [3.63, 3.8) is 0 Å². The summed E-state index contributed by atoms with van der Waals surface area (Å²) < 4.78 is 0. The standard InChI is InChI=1S/C8H15NO2.C8H17NO2.C4H9NO2/c9-5-6-1-3-7(4-2-6)8(10)11;9-7-5-3-1-2-4-6-8(10)11;5-3-1-2-4(6)7/h6-7H,1-5,9H2,(H,10,11);1-7,9H2,(H,10,11);1-3,5H2,(H,6,7). The molecule has 0 unspecified atom stereocenters. The topological polar surface area (TPSA) is 190 Å². The molecule has 0 atom stereocenters. The molecule has 0 aromatic carbocycles. The molecule has 1 aliphatic rings. The Balaban J connectivity index is 0. The van der Waals surface area contributed by atoms with Gasteiger partial charge in [-0.15, -0.1) is 0 Å². The summed E-state index contributed by atoms with van der Waals surface area (Å²) >= 11 is 0. The van der Waals surface area contributed by atoms with Crippen LogP contribution >= 0.6 is 0 Å². The van der Waals surface area contributed by atoms with Crippen LogP contribution in [0.15, 0.2) is 0 Å². The molecule has 172 valence electrons. The number of carbonyl (C=O) groups is 3. The lowest BCUT2D eigenvalue weighted by Gasteiger charge is -2.24. The first-order valence-corrected chi connectivity index (χ1v) is 10.5. The van der Waals surface area contributed by atoms with E-state index >= 15 is 0 Å². The van der Waals surface area contributed by atoms with Crippen LogP contribution < -0.4 is 17.2 Å². The molecule has 0 aromatic rings. The number of carboxylic acids is 3. The van der Waals surface area contributed by atoms with E-state index in [0.717, 1.165) is 64.3 Å². The molecule has 1 saturated carbocycles. The zero-order chi connectivity index (χ0) is 22.5. The number of unbranched alkanes of at least 4 members (excludes halogenated alkanes) is 4. The number of hydrogen-bond donors (Lipinski definition) is 6. The molecule has 0 amide bonds. The van der Waals surface area contributed by atoms with Gasteiger partial charge in [-0.3, -0.25) is 14.4 Å². The fraction of sp³-hybridized carbons (Fsp3) is 0.850. The van der Waals surface area contributed by atoms with Gasteiger partial charge < -0.3 is 32.5 Å². The summed E-state index contributed by atoms with van der Waals surface area (Å²) in [5, 5.41) is 25.0. The van der Waals surface area contributed by atoms with Crippen molar-refractivity contribution in [3.05, 3.63) is 0 Å². The van der Waals surface area contributed by atoms with Crippen molar-refractivity contribution in [1.29, 1.82) is 0 Å². The SMILES string of the molecule is NCC1CCC(C(=O)O)CC1.NCCCC(=O)O.NCCCCCCCC(=O)O. The highest BCUT2D eigenvalue weighted by Gasteiger charge is 2.24. The minimum atomic E-state index is -0.773. The second-order valence-electron chi connectivity index (χ2n) is 7.28. The zero-order valence-corrected chi connectivity index (χ0v) is 17.6. The number of nitrogens with two attached hydrogens (primary N) is 3. The first-order valence-electron chi connectivity index (χ1n) is 10.5. The summed E-state index contributed by atoms with van der Waals surface area (Å²) in [6.07, 6.45) is 9.84. The van der Waals surface area contributed by atoms with Crippen molar-refractivity contribution >= 4 is 17.9 Å². The van der Waals surface area contributed by atoms with Gasteiger partial charge in [-0.25, -0.2) is 0 Å². The molecule has 0 bridgehead atoms. The smallest absolute Gasteiger partial charge is 0.306 e. The predicted molar refractivity (Wildman–Crippen MR) is 112 cm³/mol. The van der Waals surface area contributed by atoms with E-state index in [1.807, 2.05) is 0 Å². The quantitative estimate of drug-likeness (QED) is 0.257. The van der Waals surface area contributed by atoms with Crippen LogP contribution in [0.25, 0.3) is 0 Å². The Hall–Kier alpha value is -1.71. The van der Waals surface area contributed by atoms with E-state index in [1.54, 1.807) is 0 Å².